The fourth-order valence-electron chi connectivity index (χ4n) is 1.90. The molecule has 4 nitrogen and oxygen atoms in total. The first kappa shape index (κ1) is 11.5. The highest BCUT2D eigenvalue weighted by Gasteiger charge is 2.28. The molecular weight excluding hydrogens is 180 g/mol. The molecule has 0 saturated carbocycles. The summed E-state index contributed by atoms with van der Waals surface area (Å²) in [5.41, 5.74) is 5.47. The molecule has 1 aliphatic rings. The van der Waals surface area contributed by atoms with E-state index in [0.717, 1.165) is 32.5 Å². The van der Waals surface area contributed by atoms with Crippen LogP contribution in [0.1, 0.15) is 19.3 Å². The van der Waals surface area contributed by atoms with E-state index in [0.29, 0.717) is 18.9 Å². The van der Waals surface area contributed by atoms with Gasteiger partial charge >= 0.3 is 0 Å². The fraction of sp³-hybridized carbons (Fsp3) is 0.900. The third-order valence-electron chi connectivity index (χ3n) is 2.65. The van der Waals surface area contributed by atoms with Crippen LogP contribution < -0.4 is 5.73 Å². The maximum absolute atomic E-state index is 11.5. The van der Waals surface area contributed by atoms with Crippen LogP contribution in [-0.2, 0) is 9.53 Å². The van der Waals surface area contributed by atoms with Crippen LogP contribution in [0.3, 0.4) is 0 Å². The molecular formula is C10H20N2O2. The van der Waals surface area contributed by atoms with Gasteiger partial charge in [0.1, 0.15) is 0 Å². The average molecular weight is 200 g/mol. The van der Waals surface area contributed by atoms with Gasteiger partial charge < -0.3 is 15.4 Å². The smallest absolute Gasteiger partial charge is 0.222 e. The highest BCUT2D eigenvalue weighted by molar-refractivity contribution is 5.78. The number of nitrogens with two attached hydrogens (primary N) is 1. The van der Waals surface area contributed by atoms with Gasteiger partial charge in [0.2, 0.25) is 5.91 Å². The minimum absolute atomic E-state index is 0.277. The lowest BCUT2D eigenvalue weighted by atomic mass is 10.1. The summed E-state index contributed by atoms with van der Waals surface area (Å²) in [7, 11) is 1.68. The first-order valence-corrected chi connectivity index (χ1v) is 5.24. The number of likely N-dealkylation sites (tertiary alicyclic amines) is 1. The molecule has 14 heavy (non-hydrogen) atoms. The summed E-state index contributed by atoms with van der Waals surface area (Å²) in [6.45, 7) is 3.13. The number of hydrogen-bond donors (Lipinski definition) is 1. The van der Waals surface area contributed by atoms with Gasteiger partial charge in [-0.3, -0.25) is 4.79 Å². The van der Waals surface area contributed by atoms with E-state index < -0.39 is 0 Å². The van der Waals surface area contributed by atoms with Gasteiger partial charge in [-0.2, -0.15) is 0 Å². The number of carbonyl (C=O) groups is 1. The molecule has 1 fully saturated rings. The number of carbonyl (C=O) groups excluding carboxylic acids is 1. The molecule has 0 aromatic rings. The summed E-state index contributed by atoms with van der Waals surface area (Å²) >= 11 is 0. The number of amides is 1. The molecule has 0 radical (unpaired) electrons. The van der Waals surface area contributed by atoms with E-state index in [1.165, 1.54) is 0 Å². The Bertz CT molecular complexity index is 185. The summed E-state index contributed by atoms with van der Waals surface area (Å²) in [6, 6.07) is 0. The second-order valence-corrected chi connectivity index (χ2v) is 3.83. The molecule has 0 aromatic carbocycles. The summed E-state index contributed by atoms with van der Waals surface area (Å²) in [5, 5.41) is 0. The molecule has 1 atom stereocenters. The summed E-state index contributed by atoms with van der Waals surface area (Å²) < 4.78 is 4.95. The Hall–Kier alpha value is -0.610. The van der Waals surface area contributed by atoms with E-state index in [4.69, 9.17) is 10.5 Å². The summed E-state index contributed by atoms with van der Waals surface area (Å²) in [5.74, 6) is 0.759. The Labute approximate surface area is 85.4 Å². The Balaban J connectivity index is 2.22. The quantitative estimate of drug-likeness (QED) is 0.624. The number of rotatable bonds is 6. The Kier molecular flexibility index (Phi) is 4.90. The molecule has 1 heterocycles. The highest BCUT2D eigenvalue weighted by Crippen LogP contribution is 2.20. The van der Waals surface area contributed by atoms with Crippen molar-refractivity contribution in [3.63, 3.8) is 0 Å². The molecule has 1 rings (SSSR count). The van der Waals surface area contributed by atoms with Crippen molar-refractivity contribution < 1.29 is 9.53 Å². The van der Waals surface area contributed by atoms with Crippen molar-refractivity contribution in [2.24, 2.45) is 11.7 Å². The van der Waals surface area contributed by atoms with Crippen LogP contribution in [0, 0.1) is 5.92 Å². The monoisotopic (exact) mass is 200 g/mol. The van der Waals surface area contributed by atoms with Crippen LogP contribution in [0.25, 0.3) is 0 Å². The Morgan fingerprint density at radius 1 is 1.64 bits per heavy atom. The molecule has 82 valence electrons. The van der Waals surface area contributed by atoms with Crippen molar-refractivity contribution in [3.05, 3.63) is 0 Å². The molecule has 1 amide bonds. The van der Waals surface area contributed by atoms with Crippen LogP contribution in [0.5, 0.6) is 0 Å². The van der Waals surface area contributed by atoms with Crippen LogP contribution in [0.4, 0.5) is 0 Å². The van der Waals surface area contributed by atoms with Gasteiger partial charge in [0.25, 0.3) is 0 Å². The molecule has 0 bridgehead atoms. The standard InChI is InChI=1S/C10H20N2O2/c1-14-6-2-5-12-8-9(3-4-11)7-10(12)13/h9H,2-8,11H2,1H3. The van der Waals surface area contributed by atoms with E-state index in [-0.39, 0.29) is 5.91 Å². The predicted octanol–water partition coefficient (Wildman–Crippen LogP) is 0.220. The second-order valence-electron chi connectivity index (χ2n) is 3.83. The van der Waals surface area contributed by atoms with Crippen LogP contribution in [-0.4, -0.2) is 44.2 Å². The zero-order valence-corrected chi connectivity index (χ0v) is 8.87. The minimum atomic E-state index is 0.277. The van der Waals surface area contributed by atoms with Gasteiger partial charge in [-0.25, -0.2) is 0 Å². The molecule has 0 aliphatic carbocycles. The van der Waals surface area contributed by atoms with Crippen LogP contribution in [0.2, 0.25) is 0 Å². The molecule has 0 aromatic heterocycles. The first-order valence-electron chi connectivity index (χ1n) is 5.24. The molecule has 4 heteroatoms. The number of methoxy groups -OCH3 is 1. The van der Waals surface area contributed by atoms with Gasteiger partial charge in [-0.1, -0.05) is 0 Å². The molecule has 2 N–H and O–H groups in total. The van der Waals surface area contributed by atoms with E-state index in [9.17, 15) is 4.79 Å². The number of nitrogens with zero attached hydrogens (tertiary/aromatic N) is 1. The largest absolute Gasteiger partial charge is 0.385 e. The highest BCUT2D eigenvalue weighted by atomic mass is 16.5. The zero-order valence-electron chi connectivity index (χ0n) is 8.87. The van der Waals surface area contributed by atoms with Gasteiger partial charge in [0.05, 0.1) is 0 Å². The van der Waals surface area contributed by atoms with Crippen molar-refractivity contribution in [1.82, 2.24) is 4.90 Å². The maximum Gasteiger partial charge on any atom is 0.222 e. The lowest BCUT2D eigenvalue weighted by Gasteiger charge is -2.15. The third-order valence-corrected chi connectivity index (χ3v) is 2.65. The fourth-order valence-corrected chi connectivity index (χ4v) is 1.90. The van der Waals surface area contributed by atoms with Crippen molar-refractivity contribution in [2.45, 2.75) is 19.3 Å². The molecule has 1 aliphatic heterocycles. The van der Waals surface area contributed by atoms with Gasteiger partial charge in [0, 0.05) is 33.2 Å². The van der Waals surface area contributed by atoms with Crippen molar-refractivity contribution >= 4 is 5.91 Å². The topological polar surface area (TPSA) is 55.6 Å². The molecule has 0 spiro atoms. The van der Waals surface area contributed by atoms with Crippen molar-refractivity contribution in [1.29, 1.82) is 0 Å². The maximum atomic E-state index is 11.5. The summed E-state index contributed by atoms with van der Waals surface area (Å²) in [6.07, 6.45) is 2.58. The second kappa shape index (κ2) is 5.98. The third kappa shape index (κ3) is 3.27. The lowest BCUT2D eigenvalue weighted by Crippen LogP contribution is -2.27. The van der Waals surface area contributed by atoms with Crippen LogP contribution in [0.15, 0.2) is 0 Å². The van der Waals surface area contributed by atoms with Crippen molar-refractivity contribution in [3.8, 4) is 0 Å². The summed E-state index contributed by atoms with van der Waals surface area (Å²) in [4.78, 5) is 13.4. The Morgan fingerprint density at radius 2 is 2.43 bits per heavy atom. The van der Waals surface area contributed by atoms with Gasteiger partial charge in [-0.05, 0) is 25.3 Å². The zero-order chi connectivity index (χ0) is 10.4. The minimum Gasteiger partial charge on any atom is -0.385 e. The van der Waals surface area contributed by atoms with E-state index in [1.807, 2.05) is 4.90 Å². The van der Waals surface area contributed by atoms with E-state index >= 15 is 0 Å². The average Bonchev–Trinajstić information content (AvgIpc) is 2.48. The molecule has 1 saturated heterocycles. The first-order chi connectivity index (χ1) is 6.77. The number of hydrogen-bond acceptors (Lipinski definition) is 3. The van der Waals surface area contributed by atoms with Crippen LogP contribution >= 0.6 is 0 Å². The van der Waals surface area contributed by atoms with Crippen molar-refractivity contribution in [2.75, 3.05) is 33.4 Å². The molecule has 1 unspecified atom stereocenters. The lowest BCUT2D eigenvalue weighted by molar-refractivity contribution is -0.127. The Morgan fingerprint density at radius 3 is 3.07 bits per heavy atom. The predicted molar refractivity (Wildman–Crippen MR) is 54.9 cm³/mol. The van der Waals surface area contributed by atoms with Gasteiger partial charge in [-0.15, -0.1) is 0 Å². The number of ether oxygens (including phenoxy) is 1. The SMILES string of the molecule is COCCCN1CC(CCN)CC1=O. The van der Waals surface area contributed by atoms with E-state index in [2.05, 4.69) is 0 Å². The van der Waals surface area contributed by atoms with Gasteiger partial charge in [0.15, 0.2) is 0 Å². The normalized spacial score (nSPS) is 22.0. The van der Waals surface area contributed by atoms with E-state index in [1.54, 1.807) is 7.11 Å².